The molecule has 1 heterocycles. The highest BCUT2D eigenvalue weighted by molar-refractivity contribution is 14.1. The summed E-state index contributed by atoms with van der Waals surface area (Å²) in [6.45, 7) is 2.04. The summed E-state index contributed by atoms with van der Waals surface area (Å²) in [5.74, 6) is 1.18. The minimum atomic E-state index is 0.551. The minimum absolute atomic E-state index is 0.551. The van der Waals surface area contributed by atoms with Gasteiger partial charge >= 0.3 is 0 Å². The Morgan fingerprint density at radius 3 is 2.47 bits per heavy atom. The molecule has 3 rings (SSSR count). The van der Waals surface area contributed by atoms with E-state index in [1.54, 1.807) is 0 Å². The minimum Gasteiger partial charge on any atom is -0.334 e. The molecule has 1 aromatic heterocycles. The molecule has 4 heteroatoms. The topological polar surface area (TPSA) is 38.9 Å². The molecule has 19 heavy (non-hydrogen) atoms. The molecule has 0 unspecified atom stereocenters. The Morgan fingerprint density at radius 2 is 1.74 bits per heavy atom. The number of rotatable bonds is 2. The zero-order chi connectivity index (χ0) is 13.2. The average molecular weight is 362 g/mol. The van der Waals surface area contributed by atoms with Crippen molar-refractivity contribution in [3.05, 3.63) is 57.7 Å². The number of hydrogen-bond donors (Lipinski definition) is 0. The van der Waals surface area contributed by atoms with Crippen LogP contribution < -0.4 is 0 Å². The van der Waals surface area contributed by atoms with Gasteiger partial charge in [-0.2, -0.15) is 4.98 Å². The first-order valence-electron chi connectivity index (χ1n) is 5.90. The molecule has 0 atom stereocenters. The van der Waals surface area contributed by atoms with E-state index in [4.69, 9.17) is 4.52 Å². The fraction of sp³-hybridized carbons (Fsp3) is 0.0667. The van der Waals surface area contributed by atoms with Crippen molar-refractivity contribution in [2.75, 3.05) is 0 Å². The van der Waals surface area contributed by atoms with Crippen LogP contribution in [0.2, 0.25) is 0 Å². The standard InChI is InChI=1S/C15H11IN2O/c1-10-4-2-3-5-13(10)14-17-15(19-18-14)11-6-8-12(16)9-7-11/h2-9H,1H3. The van der Waals surface area contributed by atoms with Crippen LogP contribution in [0.5, 0.6) is 0 Å². The van der Waals surface area contributed by atoms with Crippen LogP contribution in [0.25, 0.3) is 22.8 Å². The zero-order valence-electron chi connectivity index (χ0n) is 10.3. The summed E-state index contributed by atoms with van der Waals surface area (Å²) in [5.41, 5.74) is 3.08. The summed E-state index contributed by atoms with van der Waals surface area (Å²) in [6, 6.07) is 16.0. The van der Waals surface area contributed by atoms with Crippen molar-refractivity contribution in [2.24, 2.45) is 0 Å². The molecule has 0 radical (unpaired) electrons. The highest BCUT2D eigenvalue weighted by Crippen LogP contribution is 2.24. The van der Waals surface area contributed by atoms with E-state index in [1.807, 2.05) is 55.5 Å². The summed E-state index contributed by atoms with van der Waals surface area (Å²) >= 11 is 2.27. The van der Waals surface area contributed by atoms with E-state index in [1.165, 1.54) is 3.57 Å². The van der Waals surface area contributed by atoms with Crippen LogP contribution in [0.1, 0.15) is 5.56 Å². The quantitative estimate of drug-likeness (QED) is 0.638. The van der Waals surface area contributed by atoms with Crippen LogP contribution in [0.4, 0.5) is 0 Å². The van der Waals surface area contributed by atoms with Crippen molar-refractivity contribution < 1.29 is 4.52 Å². The molecule has 0 amide bonds. The molecule has 0 saturated heterocycles. The maximum Gasteiger partial charge on any atom is 0.258 e. The van der Waals surface area contributed by atoms with Crippen LogP contribution in [0.15, 0.2) is 53.1 Å². The Kier molecular flexibility index (Phi) is 3.33. The predicted molar refractivity (Wildman–Crippen MR) is 82.6 cm³/mol. The van der Waals surface area contributed by atoms with Crippen molar-refractivity contribution in [1.82, 2.24) is 10.1 Å². The van der Waals surface area contributed by atoms with Gasteiger partial charge in [-0.25, -0.2) is 0 Å². The molecule has 0 aliphatic heterocycles. The van der Waals surface area contributed by atoms with Gasteiger partial charge < -0.3 is 4.52 Å². The smallest absolute Gasteiger partial charge is 0.258 e. The maximum atomic E-state index is 5.34. The number of nitrogens with zero attached hydrogens (tertiary/aromatic N) is 2. The molecular weight excluding hydrogens is 351 g/mol. The Balaban J connectivity index is 2.00. The highest BCUT2D eigenvalue weighted by atomic mass is 127. The van der Waals surface area contributed by atoms with E-state index < -0.39 is 0 Å². The molecular formula is C15H11IN2O. The van der Waals surface area contributed by atoms with E-state index >= 15 is 0 Å². The SMILES string of the molecule is Cc1ccccc1-c1noc(-c2ccc(I)cc2)n1. The van der Waals surface area contributed by atoms with Crippen molar-refractivity contribution in [2.45, 2.75) is 6.92 Å². The van der Waals surface area contributed by atoms with Gasteiger partial charge in [0.15, 0.2) is 0 Å². The normalized spacial score (nSPS) is 10.6. The van der Waals surface area contributed by atoms with Crippen LogP contribution in [0, 0.1) is 10.5 Å². The largest absolute Gasteiger partial charge is 0.334 e. The molecule has 0 spiro atoms. The van der Waals surface area contributed by atoms with Gasteiger partial charge in [-0.15, -0.1) is 0 Å². The van der Waals surface area contributed by atoms with Crippen LogP contribution >= 0.6 is 22.6 Å². The second-order valence-corrected chi connectivity index (χ2v) is 5.49. The molecule has 0 fully saturated rings. The monoisotopic (exact) mass is 362 g/mol. The van der Waals surface area contributed by atoms with Gasteiger partial charge in [-0.05, 0) is 59.3 Å². The second kappa shape index (κ2) is 5.13. The van der Waals surface area contributed by atoms with Crippen molar-refractivity contribution in [3.63, 3.8) is 0 Å². The Morgan fingerprint density at radius 1 is 1.00 bits per heavy atom. The molecule has 3 nitrogen and oxygen atoms in total. The van der Waals surface area contributed by atoms with E-state index in [9.17, 15) is 0 Å². The molecule has 3 aromatic rings. The summed E-state index contributed by atoms with van der Waals surface area (Å²) in [6.07, 6.45) is 0. The molecule has 94 valence electrons. The third kappa shape index (κ3) is 2.53. The van der Waals surface area contributed by atoms with Gasteiger partial charge in [-0.1, -0.05) is 29.4 Å². The summed E-state index contributed by atoms with van der Waals surface area (Å²) in [5, 5.41) is 4.06. The van der Waals surface area contributed by atoms with E-state index in [-0.39, 0.29) is 0 Å². The maximum absolute atomic E-state index is 5.34. The fourth-order valence-electron chi connectivity index (χ4n) is 1.87. The first-order valence-corrected chi connectivity index (χ1v) is 6.97. The summed E-state index contributed by atoms with van der Waals surface area (Å²) < 4.78 is 6.52. The van der Waals surface area contributed by atoms with Crippen molar-refractivity contribution in [3.8, 4) is 22.8 Å². The highest BCUT2D eigenvalue weighted by Gasteiger charge is 2.11. The number of aromatic nitrogens is 2. The van der Waals surface area contributed by atoms with Gasteiger partial charge in [0.2, 0.25) is 5.82 Å². The predicted octanol–water partition coefficient (Wildman–Crippen LogP) is 4.32. The van der Waals surface area contributed by atoms with Crippen LogP contribution in [-0.4, -0.2) is 10.1 Å². The zero-order valence-corrected chi connectivity index (χ0v) is 12.5. The lowest BCUT2D eigenvalue weighted by Crippen LogP contribution is -1.84. The first kappa shape index (κ1) is 12.3. The Hall–Kier alpha value is -1.69. The van der Waals surface area contributed by atoms with Crippen molar-refractivity contribution >= 4 is 22.6 Å². The molecule has 0 aliphatic carbocycles. The molecule has 0 aliphatic rings. The fourth-order valence-corrected chi connectivity index (χ4v) is 2.23. The third-order valence-electron chi connectivity index (χ3n) is 2.90. The lowest BCUT2D eigenvalue weighted by Gasteiger charge is -1.98. The summed E-state index contributed by atoms with van der Waals surface area (Å²) in [7, 11) is 0. The lowest BCUT2D eigenvalue weighted by molar-refractivity contribution is 0.432. The van der Waals surface area contributed by atoms with Gasteiger partial charge in [0.05, 0.1) is 0 Å². The Labute approximate surface area is 124 Å². The number of aryl methyl sites for hydroxylation is 1. The van der Waals surface area contributed by atoms with E-state index in [2.05, 4.69) is 32.7 Å². The van der Waals surface area contributed by atoms with Crippen LogP contribution in [-0.2, 0) is 0 Å². The first-order chi connectivity index (χ1) is 9.24. The van der Waals surface area contributed by atoms with Gasteiger partial charge in [-0.3, -0.25) is 0 Å². The van der Waals surface area contributed by atoms with Gasteiger partial charge in [0.1, 0.15) is 0 Å². The Bertz CT molecular complexity index is 704. The molecule has 0 N–H and O–H groups in total. The molecule has 0 bridgehead atoms. The van der Waals surface area contributed by atoms with Crippen LogP contribution in [0.3, 0.4) is 0 Å². The second-order valence-electron chi connectivity index (χ2n) is 4.24. The number of benzene rings is 2. The van der Waals surface area contributed by atoms with Gasteiger partial charge in [0, 0.05) is 14.7 Å². The molecule has 2 aromatic carbocycles. The van der Waals surface area contributed by atoms with Gasteiger partial charge in [0.25, 0.3) is 5.89 Å². The third-order valence-corrected chi connectivity index (χ3v) is 3.62. The van der Waals surface area contributed by atoms with E-state index in [0.717, 1.165) is 16.7 Å². The number of hydrogen-bond acceptors (Lipinski definition) is 3. The average Bonchev–Trinajstić information content (AvgIpc) is 2.89. The summed E-state index contributed by atoms with van der Waals surface area (Å²) in [4.78, 5) is 4.46. The lowest BCUT2D eigenvalue weighted by atomic mass is 10.1. The van der Waals surface area contributed by atoms with E-state index in [0.29, 0.717) is 11.7 Å². The van der Waals surface area contributed by atoms with Crippen molar-refractivity contribution in [1.29, 1.82) is 0 Å². The molecule has 0 saturated carbocycles. The number of halogens is 1.